The summed E-state index contributed by atoms with van der Waals surface area (Å²) in [6, 6.07) is 12.8. The first-order chi connectivity index (χ1) is 26.2. The summed E-state index contributed by atoms with van der Waals surface area (Å²) in [7, 11) is 0. The third-order valence-corrected chi connectivity index (χ3v) is 9.92. The van der Waals surface area contributed by atoms with Crippen molar-refractivity contribution in [2.45, 2.75) is 123 Å². The van der Waals surface area contributed by atoms with Gasteiger partial charge in [0.2, 0.25) is 29.5 Å². The molecule has 0 aliphatic carbocycles. The van der Waals surface area contributed by atoms with Crippen LogP contribution >= 0.6 is 0 Å². The summed E-state index contributed by atoms with van der Waals surface area (Å²) in [6.45, 7) is 13.7. The molecule has 7 atom stereocenters. The van der Waals surface area contributed by atoms with Crippen molar-refractivity contribution in [3.8, 4) is 5.75 Å². The number of hydrogen-bond donors (Lipinski definition) is 7. The number of hydrogen-bond acceptors (Lipinski definition) is 8. The van der Waals surface area contributed by atoms with Gasteiger partial charge in [-0.3, -0.25) is 24.0 Å². The molecule has 2 aliphatic rings. The molecule has 0 radical (unpaired) electrons. The van der Waals surface area contributed by atoms with E-state index in [0.29, 0.717) is 31.7 Å². The van der Waals surface area contributed by atoms with Crippen molar-refractivity contribution < 1.29 is 33.8 Å². The number of aliphatic hydroxyl groups excluding tert-OH is 1. The van der Waals surface area contributed by atoms with Crippen molar-refractivity contribution in [2.75, 3.05) is 19.7 Å². The largest absolute Gasteiger partial charge is 0.494 e. The second-order valence-corrected chi connectivity index (χ2v) is 15.5. The van der Waals surface area contributed by atoms with E-state index in [4.69, 9.17) is 4.74 Å². The van der Waals surface area contributed by atoms with Crippen LogP contribution in [0.2, 0.25) is 0 Å². The number of fused-ring (bicyclic) bond motifs is 13. The predicted octanol–water partition coefficient (Wildman–Crippen LogP) is 2.79. The Morgan fingerprint density at radius 2 is 1.58 bits per heavy atom. The van der Waals surface area contributed by atoms with Crippen LogP contribution in [0, 0.1) is 17.8 Å². The zero-order valence-corrected chi connectivity index (χ0v) is 33.7. The molecule has 2 heterocycles. The Balaban J connectivity index is 1.86. The number of aliphatic hydroxyl groups is 1. The number of amides is 5. The molecule has 1 unspecified atom stereocenters. The van der Waals surface area contributed by atoms with E-state index in [1.807, 2.05) is 96.1 Å². The minimum atomic E-state index is -1.17. The van der Waals surface area contributed by atoms with Gasteiger partial charge in [-0.15, -0.1) is 0 Å². The summed E-state index contributed by atoms with van der Waals surface area (Å²) in [5, 5.41) is 29.5. The van der Waals surface area contributed by atoms with Gasteiger partial charge in [0.1, 0.15) is 23.9 Å². The van der Waals surface area contributed by atoms with Gasteiger partial charge in [-0.25, -0.2) is 0 Å². The van der Waals surface area contributed by atoms with E-state index in [0.717, 1.165) is 24.0 Å². The highest BCUT2D eigenvalue weighted by Crippen LogP contribution is 2.17. The fourth-order valence-corrected chi connectivity index (χ4v) is 6.48. The van der Waals surface area contributed by atoms with Crippen LogP contribution < -0.4 is 36.6 Å². The van der Waals surface area contributed by atoms with E-state index in [2.05, 4.69) is 31.9 Å². The second kappa shape index (κ2) is 22.8. The van der Waals surface area contributed by atoms with Crippen molar-refractivity contribution >= 4 is 29.5 Å². The molecule has 2 aliphatic heterocycles. The molecule has 4 rings (SSSR count). The van der Waals surface area contributed by atoms with Gasteiger partial charge < -0.3 is 41.7 Å². The van der Waals surface area contributed by atoms with Gasteiger partial charge >= 0.3 is 0 Å². The molecular weight excluding hydrogens is 700 g/mol. The number of benzene rings is 2. The SMILES string of the molecule is CCC(C)[C@@H]1NC(=O)[C@@H](NC[C@@H](O)[C@H](Cc2ccccc2)NC(=O)[C@@H](NC(=O)[C@H](CC(C)C)NC(C)=O)C(C)C)Cc2ccc(cc2)OCCCCNC1=O. The molecule has 13 heteroatoms. The molecule has 0 aromatic heterocycles. The quantitative estimate of drug-likeness (QED) is 0.136. The summed E-state index contributed by atoms with van der Waals surface area (Å²) in [5.41, 5.74) is 1.72. The minimum Gasteiger partial charge on any atom is -0.494 e. The van der Waals surface area contributed by atoms with Gasteiger partial charge in [-0.1, -0.05) is 90.4 Å². The van der Waals surface area contributed by atoms with Gasteiger partial charge in [-0.05, 0) is 73.1 Å². The van der Waals surface area contributed by atoms with Crippen molar-refractivity contribution in [3.63, 3.8) is 0 Å². The van der Waals surface area contributed by atoms with Crippen molar-refractivity contribution in [1.29, 1.82) is 0 Å². The van der Waals surface area contributed by atoms with Crippen LogP contribution in [-0.2, 0) is 36.8 Å². The summed E-state index contributed by atoms with van der Waals surface area (Å²) >= 11 is 0. The summed E-state index contributed by atoms with van der Waals surface area (Å²) in [6.07, 6.45) is 1.93. The summed E-state index contributed by atoms with van der Waals surface area (Å²) in [5.74, 6) is -1.55. The number of rotatable bonds is 16. The number of nitrogens with one attached hydrogen (secondary N) is 6. The van der Waals surface area contributed by atoms with Gasteiger partial charge in [-0.2, -0.15) is 0 Å². The van der Waals surface area contributed by atoms with Crippen LogP contribution in [-0.4, -0.2) is 90.7 Å². The normalized spacial score (nSPS) is 19.6. The smallest absolute Gasteiger partial charge is 0.243 e. The Morgan fingerprint density at radius 1 is 0.891 bits per heavy atom. The van der Waals surface area contributed by atoms with E-state index in [9.17, 15) is 29.1 Å². The molecule has 55 heavy (non-hydrogen) atoms. The van der Waals surface area contributed by atoms with Crippen LogP contribution in [0.1, 0.15) is 85.3 Å². The summed E-state index contributed by atoms with van der Waals surface area (Å²) < 4.78 is 5.88. The van der Waals surface area contributed by atoms with E-state index in [1.165, 1.54) is 6.92 Å². The number of carbonyl (C=O) groups is 5. The molecule has 5 amide bonds. The Kier molecular flexibility index (Phi) is 18.6. The van der Waals surface area contributed by atoms with Crippen molar-refractivity contribution in [1.82, 2.24) is 31.9 Å². The maximum atomic E-state index is 14.0. The highest BCUT2D eigenvalue weighted by molar-refractivity contribution is 5.92. The van der Waals surface area contributed by atoms with E-state index in [1.54, 1.807) is 0 Å². The molecule has 2 bridgehead atoms. The lowest BCUT2D eigenvalue weighted by Crippen LogP contribution is -2.60. The first-order valence-corrected chi connectivity index (χ1v) is 19.8. The zero-order valence-electron chi connectivity index (χ0n) is 33.7. The maximum absolute atomic E-state index is 14.0. The Bertz CT molecular complexity index is 1520. The van der Waals surface area contributed by atoms with Crippen LogP contribution in [0.3, 0.4) is 0 Å². The lowest BCUT2D eigenvalue weighted by atomic mass is 9.96. The third kappa shape index (κ3) is 15.3. The van der Waals surface area contributed by atoms with Crippen LogP contribution in [0.15, 0.2) is 54.6 Å². The number of carbonyl (C=O) groups excluding carboxylic acids is 5. The molecule has 0 saturated carbocycles. The van der Waals surface area contributed by atoms with Gasteiger partial charge in [0, 0.05) is 20.0 Å². The minimum absolute atomic E-state index is 0.0744. The lowest BCUT2D eigenvalue weighted by molar-refractivity contribution is -0.133. The fourth-order valence-electron chi connectivity index (χ4n) is 6.48. The first kappa shape index (κ1) is 44.9. The topological polar surface area (TPSA) is 187 Å². The molecule has 304 valence electrons. The monoisotopic (exact) mass is 764 g/mol. The van der Waals surface area contributed by atoms with E-state index >= 15 is 0 Å². The fraction of sp³-hybridized carbons (Fsp3) is 0.595. The maximum Gasteiger partial charge on any atom is 0.243 e. The van der Waals surface area contributed by atoms with E-state index in [-0.39, 0.29) is 54.9 Å². The molecule has 2 aromatic carbocycles. The van der Waals surface area contributed by atoms with Crippen molar-refractivity contribution in [2.24, 2.45) is 17.8 Å². The highest BCUT2D eigenvalue weighted by Gasteiger charge is 2.33. The zero-order chi connectivity index (χ0) is 40.5. The average molecular weight is 765 g/mol. The second-order valence-electron chi connectivity index (χ2n) is 15.5. The van der Waals surface area contributed by atoms with Gasteiger partial charge in [0.05, 0.1) is 24.8 Å². The molecule has 2 aromatic rings. The van der Waals surface area contributed by atoms with Crippen LogP contribution in [0.4, 0.5) is 0 Å². The Morgan fingerprint density at radius 3 is 2.20 bits per heavy atom. The lowest BCUT2D eigenvalue weighted by Gasteiger charge is -2.31. The standard InChI is InChI=1S/C42H64N6O7/c1-8-28(6)38-41(53)43-20-12-13-21-55-32-18-16-31(17-19-32)24-34(39(51)48-38)44-25-36(50)33(23-30-14-10-9-11-15-30)46-42(54)37(27(4)5)47-40(52)35(22-26(2)3)45-29(7)49/h9-11,14-19,26-28,33-38,44,50H,8,12-13,20-25H2,1-7H3,(H,43,53)(H,45,49)(H,46,54)(H,47,52)(H,48,51)/t28?,33-,34-,35-,36+,37-,38-/m0/s1. The average Bonchev–Trinajstić information content (AvgIpc) is 3.14. The molecule has 0 fully saturated rings. The third-order valence-electron chi connectivity index (χ3n) is 9.92. The summed E-state index contributed by atoms with van der Waals surface area (Å²) in [4.78, 5) is 66.5. The number of ether oxygens (including phenoxy) is 1. The Labute approximate surface area is 326 Å². The van der Waals surface area contributed by atoms with Crippen LogP contribution in [0.5, 0.6) is 5.75 Å². The molecule has 0 spiro atoms. The molecular formula is C42H64N6O7. The van der Waals surface area contributed by atoms with Gasteiger partial charge in [0.25, 0.3) is 0 Å². The highest BCUT2D eigenvalue weighted by atomic mass is 16.5. The van der Waals surface area contributed by atoms with Gasteiger partial charge in [0.15, 0.2) is 0 Å². The van der Waals surface area contributed by atoms with E-state index < -0.39 is 48.1 Å². The van der Waals surface area contributed by atoms with Crippen molar-refractivity contribution in [3.05, 3.63) is 65.7 Å². The molecule has 0 saturated heterocycles. The predicted molar refractivity (Wildman–Crippen MR) is 213 cm³/mol. The molecule has 13 nitrogen and oxygen atoms in total. The first-order valence-electron chi connectivity index (χ1n) is 19.8. The molecule has 7 N–H and O–H groups in total. The Hall–Kier alpha value is -4.49. The van der Waals surface area contributed by atoms with Crippen LogP contribution in [0.25, 0.3) is 0 Å².